The lowest BCUT2D eigenvalue weighted by molar-refractivity contribution is 0.0659. The molecule has 2 aromatic heterocycles. The quantitative estimate of drug-likeness (QED) is 0.781. The fourth-order valence-electron chi connectivity index (χ4n) is 3.56. The molecule has 7 heteroatoms. The molecule has 3 aromatic rings. The highest BCUT2D eigenvalue weighted by Gasteiger charge is 2.28. The molecule has 3 heterocycles. The number of fused-ring (bicyclic) bond motifs is 1. The topological polar surface area (TPSA) is 88.6 Å². The van der Waals surface area contributed by atoms with E-state index in [0.717, 1.165) is 18.2 Å². The average Bonchev–Trinajstić information content (AvgIpc) is 3.24. The lowest BCUT2D eigenvalue weighted by Gasteiger charge is -2.32. The van der Waals surface area contributed by atoms with Crippen molar-refractivity contribution in [3.05, 3.63) is 53.5 Å². The number of likely N-dealkylation sites (tertiary alicyclic amines) is 1. The van der Waals surface area contributed by atoms with Gasteiger partial charge in [0.1, 0.15) is 11.1 Å². The van der Waals surface area contributed by atoms with Crippen molar-refractivity contribution in [2.75, 3.05) is 13.1 Å². The Kier molecular flexibility index (Phi) is 3.99. The van der Waals surface area contributed by atoms with Gasteiger partial charge in [-0.3, -0.25) is 9.48 Å². The Balaban J connectivity index is 1.46. The highest BCUT2D eigenvalue weighted by molar-refractivity contribution is 5.96. The van der Waals surface area contributed by atoms with Gasteiger partial charge in [-0.25, -0.2) is 4.79 Å². The summed E-state index contributed by atoms with van der Waals surface area (Å²) in [6.07, 6.45) is 2.85. The Morgan fingerprint density at radius 3 is 2.62 bits per heavy atom. The number of carbonyl (C=O) groups excluding carboxylic acids is 1. The summed E-state index contributed by atoms with van der Waals surface area (Å²) >= 11 is 0. The molecule has 4 rings (SSSR count). The van der Waals surface area contributed by atoms with Crippen LogP contribution in [0.15, 0.2) is 40.9 Å². The number of benzene rings is 1. The zero-order valence-electron chi connectivity index (χ0n) is 14.4. The molecular weight excluding hydrogens is 334 g/mol. The summed E-state index contributed by atoms with van der Waals surface area (Å²) in [5.74, 6) is -0.720. The van der Waals surface area contributed by atoms with E-state index in [1.54, 1.807) is 22.6 Å². The first-order valence-corrected chi connectivity index (χ1v) is 8.60. The molecule has 1 amide bonds. The predicted octanol–water partition coefficient (Wildman–Crippen LogP) is 3.11. The van der Waals surface area contributed by atoms with Crippen LogP contribution in [0, 0.1) is 6.92 Å². The van der Waals surface area contributed by atoms with Crippen LogP contribution in [0.25, 0.3) is 11.0 Å². The second-order valence-corrected chi connectivity index (χ2v) is 6.57. The number of carbonyl (C=O) groups is 2. The standard InChI is InChI=1S/C19H19N3O4/c1-12-15(19(24)25)11-20-22(12)14-6-8-21(9-7-14)18(23)17-10-13-4-2-3-5-16(13)26-17/h2-5,10-11,14H,6-9H2,1H3,(H,24,25). The molecule has 1 aromatic carbocycles. The number of hydrogen-bond acceptors (Lipinski definition) is 4. The van der Waals surface area contributed by atoms with Crippen molar-refractivity contribution in [3.8, 4) is 0 Å². The number of aromatic carboxylic acids is 1. The summed E-state index contributed by atoms with van der Waals surface area (Å²) < 4.78 is 7.44. The van der Waals surface area contributed by atoms with Gasteiger partial charge in [-0.15, -0.1) is 0 Å². The number of para-hydroxylation sites is 1. The predicted molar refractivity (Wildman–Crippen MR) is 94.3 cm³/mol. The van der Waals surface area contributed by atoms with Crippen LogP contribution >= 0.6 is 0 Å². The molecule has 1 saturated heterocycles. The molecule has 0 radical (unpaired) electrons. The number of amides is 1. The van der Waals surface area contributed by atoms with E-state index in [-0.39, 0.29) is 17.5 Å². The minimum Gasteiger partial charge on any atom is -0.478 e. The first kappa shape index (κ1) is 16.4. The number of carboxylic acids is 1. The molecule has 1 aliphatic heterocycles. The lowest BCUT2D eigenvalue weighted by atomic mass is 10.0. The largest absolute Gasteiger partial charge is 0.478 e. The van der Waals surface area contributed by atoms with Gasteiger partial charge in [0.25, 0.3) is 5.91 Å². The van der Waals surface area contributed by atoms with Crippen molar-refractivity contribution in [3.63, 3.8) is 0 Å². The highest BCUT2D eigenvalue weighted by Crippen LogP contribution is 2.27. The van der Waals surface area contributed by atoms with E-state index in [9.17, 15) is 9.59 Å². The van der Waals surface area contributed by atoms with Gasteiger partial charge in [0.2, 0.25) is 0 Å². The van der Waals surface area contributed by atoms with Crippen LogP contribution in [0.1, 0.15) is 45.5 Å². The average molecular weight is 353 g/mol. The third kappa shape index (κ3) is 2.75. The van der Waals surface area contributed by atoms with E-state index in [2.05, 4.69) is 5.10 Å². The van der Waals surface area contributed by atoms with Gasteiger partial charge in [0.05, 0.1) is 17.9 Å². The summed E-state index contributed by atoms with van der Waals surface area (Å²) in [7, 11) is 0. The van der Waals surface area contributed by atoms with Gasteiger partial charge in [0.15, 0.2) is 5.76 Å². The number of furan rings is 1. The Morgan fingerprint density at radius 1 is 1.23 bits per heavy atom. The Labute approximate surface area is 149 Å². The zero-order valence-corrected chi connectivity index (χ0v) is 14.4. The number of piperidine rings is 1. The molecule has 0 atom stereocenters. The van der Waals surface area contributed by atoms with E-state index >= 15 is 0 Å². The molecule has 0 spiro atoms. The van der Waals surface area contributed by atoms with E-state index in [1.807, 2.05) is 24.3 Å². The van der Waals surface area contributed by atoms with Crippen molar-refractivity contribution in [1.29, 1.82) is 0 Å². The maximum Gasteiger partial charge on any atom is 0.339 e. The molecule has 1 aliphatic rings. The smallest absolute Gasteiger partial charge is 0.339 e. The molecule has 1 N–H and O–H groups in total. The van der Waals surface area contributed by atoms with Gasteiger partial charge in [-0.05, 0) is 31.9 Å². The van der Waals surface area contributed by atoms with Gasteiger partial charge >= 0.3 is 5.97 Å². The summed E-state index contributed by atoms with van der Waals surface area (Å²) in [6, 6.07) is 9.43. The number of nitrogens with zero attached hydrogens (tertiary/aromatic N) is 3. The van der Waals surface area contributed by atoms with E-state index in [0.29, 0.717) is 30.1 Å². The first-order chi connectivity index (χ1) is 12.5. The van der Waals surface area contributed by atoms with Crippen LogP contribution in [0.4, 0.5) is 0 Å². The lowest BCUT2D eigenvalue weighted by Crippen LogP contribution is -2.39. The number of aromatic nitrogens is 2. The van der Waals surface area contributed by atoms with Crippen molar-refractivity contribution >= 4 is 22.8 Å². The van der Waals surface area contributed by atoms with Gasteiger partial charge in [0, 0.05) is 18.5 Å². The fraction of sp³-hybridized carbons (Fsp3) is 0.316. The van der Waals surface area contributed by atoms with Crippen LogP contribution in [0.2, 0.25) is 0 Å². The second kappa shape index (κ2) is 6.33. The van der Waals surface area contributed by atoms with Gasteiger partial charge < -0.3 is 14.4 Å². The SMILES string of the molecule is Cc1c(C(=O)O)cnn1C1CCN(C(=O)c2cc3ccccc3o2)CC1. The zero-order chi connectivity index (χ0) is 18.3. The third-order valence-electron chi connectivity index (χ3n) is 5.01. The molecule has 26 heavy (non-hydrogen) atoms. The molecule has 1 fully saturated rings. The Hall–Kier alpha value is -3.09. The van der Waals surface area contributed by atoms with Crippen LogP contribution in [-0.2, 0) is 0 Å². The number of hydrogen-bond donors (Lipinski definition) is 1. The molecule has 134 valence electrons. The fourth-order valence-corrected chi connectivity index (χ4v) is 3.56. The first-order valence-electron chi connectivity index (χ1n) is 8.60. The molecule has 0 aliphatic carbocycles. The highest BCUT2D eigenvalue weighted by atomic mass is 16.4. The van der Waals surface area contributed by atoms with Crippen molar-refractivity contribution < 1.29 is 19.1 Å². The summed E-state index contributed by atoms with van der Waals surface area (Å²) in [4.78, 5) is 25.7. The molecule has 7 nitrogen and oxygen atoms in total. The Bertz CT molecular complexity index is 947. The maximum absolute atomic E-state index is 12.7. The normalized spacial score (nSPS) is 15.5. The third-order valence-corrected chi connectivity index (χ3v) is 5.01. The van der Waals surface area contributed by atoms with E-state index in [1.165, 1.54) is 6.20 Å². The number of rotatable bonds is 3. The number of carboxylic acid groups (broad SMARTS) is 1. The summed E-state index contributed by atoms with van der Waals surface area (Å²) in [5.41, 5.74) is 1.59. The molecule has 0 bridgehead atoms. The van der Waals surface area contributed by atoms with Crippen molar-refractivity contribution in [2.45, 2.75) is 25.8 Å². The minimum atomic E-state index is -0.966. The van der Waals surface area contributed by atoms with Crippen LogP contribution in [0.5, 0.6) is 0 Å². The Morgan fingerprint density at radius 2 is 1.96 bits per heavy atom. The van der Waals surface area contributed by atoms with E-state index in [4.69, 9.17) is 9.52 Å². The maximum atomic E-state index is 12.7. The molecule has 0 unspecified atom stereocenters. The molecular formula is C19H19N3O4. The summed E-state index contributed by atoms with van der Waals surface area (Å²) in [6.45, 7) is 2.94. The monoisotopic (exact) mass is 353 g/mol. The van der Waals surface area contributed by atoms with Gasteiger partial charge in [-0.1, -0.05) is 18.2 Å². The summed E-state index contributed by atoms with van der Waals surface area (Å²) in [5, 5.41) is 14.3. The van der Waals surface area contributed by atoms with Crippen LogP contribution < -0.4 is 0 Å². The van der Waals surface area contributed by atoms with Crippen LogP contribution in [-0.4, -0.2) is 44.8 Å². The van der Waals surface area contributed by atoms with Gasteiger partial charge in [-0.2, -0.15) is 5.10 Å². The second-order valence-electron chi connectivity index (χ2n) is 6.57. The van der Waals surface area contributed by atoms with E-state index < -0.39 is 5.97 Å². The van der Waals surface area contributed by atoms with Crippen LogP contribution in [0.3, 0.4) is 0 Å². The van der Waals surface area contributed by atoms with Crippen molar-refractivity contribution in [2.24, 2.45) is 0 Å². The minimum absolute atomic E-state index is 0.0998. The molecule has 0 saturated carbocycles. The van der Waals surface area contributed by atoms with Crippen molar-refractivity contribution in [1.82, 2.24) is 14.7 Å².